The molecule has 8 unspecified atom stereocenters. The van der Waals surface area contributed by atoms with E-state index in [1.54, 1.807) is 0 Å². The Balaban J connectivity index is 2.71. The van der Waals surface area contributed by atoms with Crippen LogP contribution in [0.3, 0.4) is 0 Å². The summed E-state index contributed by atoms with van der Waals surface area (Å²) in [4.78, 5) is 73.3. The van der Waals surface area contributed by atoms with Gasteiger partial charge in [0.05, 0.1) is 6.61 Å². The van der Waals surface area contributed by atoms with Gasteiger partial charge >= 0.3 is 35.4 Å². The van der Waals surface area contributed by atoms with Crippen LogP contribution in [0.2, 0.25) is 0 Å². The van der Waals surface area contributed by atoms with Crippen LogP contribution in [-0.4, -0.2) is 108 Å². The van der Waals surface area contributed by atoms with E-state index in [1.807, 2.05) is 0 Å². The van der Waals surface area contributed by atoms with E-state index < -0.39 is 91.3 Å². The first-order chi connectivity index (χ1) is 32.8. The van der Waals surface area contributed by atoms with Gasteiger partial charge in [0.2, 0.25) is 0 Å². The number of carbonyl (C=O) groups excluding carboxylic acids is 2. The van der Waals surface area contributed by atoms with Crippen molar-refractivity contribution in [3.05, 3.63) is 48.6 Å². The SMILES string of the molecule is CCC=CCC=CCC=CCC=CCCCCCCCCC(=O)OC(COC(=O)CCCCCCCCCCCCCCC)COP(=O)(O)OC1C(O)C(O)C(OP(=O)(O)O)C(OP(=O)(O)O)C1O. The maximum atomic E-state index is 13.1. The molecule has 69 heavy (non-hydrogen) atoms. The van der Waals surface area contributed by atoms with Crippen LogP contribution in [0.25, 0.3) is 0 Å². The number of allylic oxidation sites excluding steroid dienone is 8. The fraction of sp³-hybridized carbons (Fsp3) is 0.787. The lowest BCUT2D eigenvalue weighted by Crippen LogP contribution is -2.65. The second-order valence-corrected chi connectivity index (χ2v) is 21.2. The highest BCUT2D eigenvalue weighted by Gasteiger charge is 2.56. The van der Waals surface area contributed by atoms with Crippen LogP contribution in [0.15, 0.2) is 48.6 Å². The average molecular weight is 1050 g/mol. The quantitative estimate of drug-likeness (QED) is 0.0122. The summed E-state index contributed by atoms with van der Waals surface area (Å²) in [5.41, 5.74) is 0. The Bertz CT molecular complexity index is 1630. The van der Waals surface area contributed by atoms with Crippen molar-refractivity contribution < 1.29 is 90.6 Å². The monoisotopic (exact) mass is 1050 g/mol. The summed E-state index contributed by atoms with van der Waals surface area (Å²) in [6.45, 7) is 2.83. The summed E-state index contributed by atoms with van der Waals surface area (Å²) in [6, 6.07) is 0. The van der Waals surface area contributed by atoms with Crippen LogP contribution in [0.5, 0.6) is 0 Å². The highest BCUT2D eigenvalue weighted by molar-refractivity contribution is 7.47. The minimum absolute atomic E-state index is 0.0181. The number of carbonyl (C=O) groups is 2. The number of phosphoric acid groups is 3. The average Bonchev–Trinajstić information content (AvgIpc) is 3.28. The summed E-state index contributed by atoms with van der Waals surface area (Å²) >= 11 is 0. The lowest BCUT2D eigenvalue weighted by Gasteiger charge is -2.44. The fourth-order valence-corrected chi connectivity index (χ4v) is 9.55. The van der Waals surface area contributed by atoms with Gasteiger partial charge in [-0.05, 0) is 51.4 Å². The maximum Gasteiger partial charge on any atom is 0.472 e. The Morgan fingerprint density at radius 3 is 1.36 bits per heavy atom. The van der Waals surface area contributed by atoms with E-state index >= 15 is 0 Å². The predicted octanol–water partition coefficient (Wildman–Crippen LogP) is 9.40. The molecule has 8 atom stereocenters. The summed E-state index contributed by atoms with van der Waals surface area (Å²) in [5.74, 6) is -1.31. The lowest BCUT2D eigenvalue weighted by molar-refractivity contribution is -0.213. The summed E-state index contributed by atoms with van der Waals surface area (Å²) in [6.07, 6.45) is 25.5. The molecule has 0 aromatic heterocycles. The van der Waals surface area contributed by atoms with Gasteiger partial charge in [-0.25, -0.2) is 13.7 Å². The third-order valence-corrected chi connectivity index (χ3v) is 13.2. The Morgan fingerprint density at radius 1 is 0.478 bits per heavy atom. The molecule has 8 N–H and O–H groups in total. The molecule has 0 radical (unpaired) electrons. The van der Waals surface area contributed by atoms with E-state index in [9.17, 15) is 63.1 Å². The third-order valence-electron chi connectivity index (χ3n) is 11.2. The molecule has 1 rings (SSSR count). The zero-order valence-electron chi connectivity index (χ0n) is 40.9. The minimum atomic E-state index is -5.60. The maximum absolute atomic E-state index is 13.1. The van der Waals surface area contributed by atoms with Crippen molar-refractivity contribution in [3.63, 3.8) is 0 Å². The highest BCUT2D eigenvalue weighted by Crippen LogP contribution is 2.51. The molecular formula is C47H85O19P3. The molecule has 1 fully saturated rings. The zero-order chi connectivity index (χ0) is 51.4. The molecule has 0 amide bonds. The van der Waals surface area contributed by atoms with Crippen LogP contribution in [-0.2, 0) is 50.9 Å². The Kier molecular flexibility index (Phi) is 36.5. The first-order valence-electron chi connectivity index (χ1n) is 24.9. The normalized spacial score (nSPS) is 21.7. The van der Waals surface area contributed by atoms with Crippen LogP contribution >= 0.6 is 23.5 Å². The molecule has 1 aliphatic rings. The largest absolute Gasteiger partial charge is 0.472 e. The van der Waals surface area contributed by atoms with E-state index in [2.05, 4.69) is 71.5 Å². The Morgan fingerprint density at radius 2 is 0.884 bits per heavy atom. The number of phosphoric ester groups is 3. The van der Waals surface area contributed by atoms with Gasteiger partial charge in [0, 0.05) is 12.8 Å². The van der Waals surface area contributed by atoms with Gasteiger partial charge in [0.25, 0.3) is 0 Å². The Labute approximate surface area is 410 Å². The number of rotatable bonds is 42. The molecule has 1 saturated carbocycles. The molecule has 0 spiro atoms. The second-order valence-electron chi connectivity index (χ2n) is 17.4. The van der Waals surface area contributed by atoms with Crippen LogP contribution in [0, 0.1) is 0 Å². The molecule has 0 saturated heterocycles. The molecule has 0 aromatic carbocycles. The predicted molar refractivity (Wildman–Crippen MR) is 261 cm³/mol. The topological polar surface area (TPSA) is 303 Å². The summed E-state index contributed by atoms with van der Waals surface area (Å²) < 4.78 is 65.5. The van der Waals surface area contributed by atoms with E-state index in [0.717, 1.165) is 89.9 Å². The molecule has 0 aliphatic heterocycles. The van der Waals surface area contributed by atoms with Crippen molar-refractivity contribution in [2.75, 3.05) is 13.2 Å². The number of unbranched alkanes of at least 4 members (excludes halogenated alkanes) is 18. The van der Waals surface area contributed by atoms with Gasteiger partial charge < -0.3 is 49.3 Å². The second kappa shape index (κ2) is 38.7. The van der Waals surface area contributed by atoms with Gasteiger partial charge in [0.1, 0.15) is 43.2 Å². The molecule has 0 heterocycles. The number of esters is 2. The van der Waals surface area contributed by atoms with E-state index in [-0.39, 0.29) is 12.8 Å². The first-order valence-corrected chi connectivity index (χ1v) is 29.5. The molecule has 0 aromatic rings. The zero-order valence-corrected chi connectivity index (χ0v) is 43.6. The lowest BCUT2D eigenvalue weighted by atomic mass is 9.85. The van der Waals surface area contributed by atoms with Gasteiger partial charge in [-0.15, -0.1) is 0 Å². The Hall–Kier alpha value is -1.89. The molecule has 402 valence electrons. The van der Waals surface area contributed by atoms with E-state index in [4.69, 9.17) is 18.5 Å². The number of aliphatic hydroxyl groups excluding tert-OH is 3. The molecule has 19 nitrogen and oxygen atoms in total. The van der Waals surface area contributed by atoms with Crippen molar-refractivity contribution in [1.82, 2.24) is 0 Å². The van der Waals surface area contributed by atoms with Crippen LogP contribution in [0.1, 0.15) is 181 Å². The van der Waals surface area contributed by atoms with Gasteiger partial charge in [-0.1, -0.05) is 165 Å². The summed E-state index contributed by atoms with van der Waals surface area (Å²) in [7, 11) is -16.6. The van der Waals surface area contributed by atoms with Gasteiger partial charge in [-0.2, -0.15) is 0 Å². The highest BCUT2D eigenvalue weighted by atomic mass is 31.2. The van der Waals surface area contributed by atoms with Crippen molar-refractivity contribution in [1.29, 1.82) is 0 Å². The first kappa shape index (κ1) is 65.1. The molecule has 0 bridgehead atoms. The van der Waals surface area contributed by atoms with Gasteiger partial charge in [0.15, 0.2) is 6.10 Å². The number of hydrogen-bond donors (Lipinski definition) is 8. The summed E-state index contributed by atoms with van der Waals surface area (Å²) in [5, 5.41) is 31.9. The minimum Gasteiger partial charge on any atom is -0.462 e. The van der Waals surface area contributed by atoms with Crippen molar-refractivity contribution >= 4 is 35.4 Å². The molecule has 22 heteroatoms. The fourth-order valence-electron chi connectivity index (χ4n) is 7.46. The third kappa shape index (κ3) is 35.0. The smallest absolute Gasteiger partial charge is 0.462 e. The molecule has 1 aliphatic carbocycles. The van der Waals surface area contributed by atoms with Crippen molar-refractivity contribution in [3.8, 4) is 0 Å². The van der Waals surface area contributed by atoms with Crippen LogP contribution < -0.4 is 0 Å². The van der Waals surface area contributed by atoms with Crippen molar-refractivity contribution in [2.24, 2.45) is 0 Å². The van der Waals surface area contributed by atoms with E-state index in [1.165, 1.54) is 51.4 Å². The van der Waals surface area contributed by atoms with Crippen molar-refractivity contribution in [2.45, 2.75) is 224 Å². The van der Waals surface area contributed by atoms with Crippen LogP contribution in [0.4, 0.5) is 0 Å². The standard InChI is InChI=1S/C47H85O19P3/c1-3-5-7-9-11-13-15-17-18-19-20-21-22-24-26-28-30-32-34-36-41(49)63-39(37-61-40(48)35-33-31-29-27-25-23-16-14-12-10-8-6-4-2)38-62-69(59,60)66-45-42(50)43(51)46(64-67(53,54)55)47(44(45)52)65-68(56,57)58/h5,7,11,13,17-18,20-21,39,42-47,50-52H,3-4,6,8-10,12,14-16,19,22-38H2,1-2H3,(H,59,60)(H2,53,54,55)(H2,56,57,58). The van der Waals surface area contributed by atoms with Gasteiger partial charge in [-0.3, -0.25) is 27.7 Å². The van der Waals surface area contributed by atoms with E-state index in [0.29, 0.717) is 12.8 Å². The molecular weight excluding hydrogens is 961 g/mol. The number of aliphatic hydroxyl groups is 3. The number of hydrogen-bond acceptors (Lipinski definition) is 14. The number of ether oxygens (including phenoxy) is 2.